The molecule has 1 rings (SSSR count). The summed E-state index contributed by atoms with van der Waals surface area (Å²) in [6.45, 7) is 3.74. The SMILES string of the molecule is CC/C=C\C/C=C\C/C=C\C/C=C\C/C=C\C/C=C\C/C=C\C/C=C\CCCCCCC(=O)NC(COC1OC(CO)C(O)C(O)C1O)C(O)CCCCCCCCCCCCCCCCCCCCCCCCCCCCCCCCC. The molecule has 9 heteroatoms. The van der Waals surface area contributed by atoms with Crippen molar-refractivity contribution in [3.8, 4) is 0 Å². The summed E-state index contributed by atoms with van der Waals surface area (Å²) in [7, 11) is 0. The average molecular weight is 1160 g/mol. The molecular formula is C74H131NO8. The first-order valence-electron chi connectivity index (χ1n) is 34.9. The first-order valence-corrected chi connectivity index (χ1v) is 34.9. The van der Waals surface area contributed by atoms with Crippen LogP contribution in [0.25, 0.3) is 0 Å². The number of nitrogens with one attached hydrogen (secondary N) is 1. The van der Waals surface area contributed by atoms with Crippen molar-refractivity contribution in [1.29, 1.82) is 0 Å². The molecule has 7 atom stereocenters. The van der Waals surface area contributed by atoms with Crippen LogP contribution in [0.15, 0.2) is 97.2 Å². The largest absolute Gasteiger partial charge is 0.394 e. The fourth-order valence-corrected chi connectivity index (χ4v) is 10.8. The van der Waals surface area contributed by atoms with Gasteiger partial charge in [0.15, 0.2) is 6.29 Å². The maximum Gasteiger partial charge on any atom is 0.220 e. The second-order valence-electron chi connectivity index (χ2n) is 23.9. The summed E-state index contributed by atoms with van der Waals surface area (Å²) in [5, 5.41) is 54.9. The molecule has 0 bridgehead atoms. The number of aliphatic hydroxyl groups is 5. The molecule has 1 aliphatic rings. The van der Waals surface area contributed by atoms with Crippen molar-refractivity contribution in [1.82, 2.24) is 5.32 Å². The van der Waals surface area contributed by atoms with Gasteiger partial charge < -0.3 is 40.3 Å². The topological polar surface area (TPSA) is 149 Å². The lowest BCUT2D eigenvalue weighted by molar-refractivity contribution is -0.302. The van der Waals surface area contributed by atoms with Crippen molar-refractivity contribution < 1.29 is 39.8 Å². The van der Waals surface area contributed by atoms with Gasteiger partial charge in [-0.1, -0.05) is 323 Å². The lowest BCUT2D eigenvalue weighted by Gasteiger charge is -2.40. The van der Waals surface area contributed by atoms with Crippen molar-refractivity contribution in [2.24, 2.45) is 0 Å². The number of carbonyl (C=O) groups excluding carboxylic acids is 1. The van der Waals surface area contributed by atoms with Crippen molar-refractivity contribution in [2.45, 2.75) is 352 Å². The van der Waals surface area contributed by atoms with Crippen LogP contribution in [0.5, 0.6) is 0 Å². The minimum Gasteiger partial charge on any atom is -0.394 e. The average Bonchev–Trinajstić information content (AvgIpc) is 3.60. The molecule has 6 N–H and O–H groups in total. The Labute approximate surface area is 511 Å². The highest BCUT2D eigenvalue weighted by atomic mass is 16.7. The van der Waals surface area contributed by atoms with Gasteiger partial charge in [-0.25, -0.2) is 0 Å². The molecule has 7 unspecified atom stereocenters. The van der Waals surface area contributed by atoms with E-state index in [-0.39, 0.29) is 12.5 Å². The molecule has 1 aliphatic heterocycles. The van der Waals surface area contributed by atoms with Gasteiger partial charge in [-0.3, -0.25) is 4.79 Å². The zero-order valence-corrected chi connectivity index (χ0v) is 53.7. The summed E-state index contributed by atoms with van der Waals surface area (Å²) in [6.07, 6.45) is 83.3. The number of allylic oxidation sites excluding steroid dienone is 16. The fourth-order valence-electron chi connectivity index (χ4n) is 10.8. The van der Waals surface area contributed by atoms with Crippen LogP contribution in [0, 0.1) is 0 Å². The molecule has 480 valence electrons. The highest BCUT2D eigenvalue weighted by Gasteiger charge is 2.44. The molecule has 1 saturated heterocycles. The van der Waals surface area contributed by atoms with Gasteiger partial charge in [0.2, 0.25) is 5.91 Å². The smallest absolute Gasteiger partial charge is 0.220 e. The van der Waals surface area contributed by atoms with E-state index in [1.807, 2.05) is 0 Å². The Hall–Kier alpha value is -2.89. The van der Waals surface area contributed by atoms with E-state index < -0.39 is 49.5 Å². The van der Waals surface area contributed by atoms with Crippen LogP contribution < -0.4 is 5.32 Å². The Morgan fingerprint density at radius 3 is 1.11 bits per heavy atom. The summed E-state index contributed by atoms with van der Waals surface area (Å²) < 4.78 is 11.4. The highest BCUT2D eigenvalue weighted by molar-refractivity contribution is 5.76. The van der Waals surface area contributed by atoms with Gasteiger partial charge in [0.1, 0.15) is 24.4 Å². The number of rotatable bonds is 60. The van der Waals surface area contributed by atoms with Gasteiger partial charge in [-0.2, -0.15) is 0 Å². The van der Waals surface area contributed by atoms with E-state index in [0.29, 0.717) is 12.8 Å². The monoisotopic (exact) mass is 1160 g/mol. The maximum absolute atomic E-state index is 13.1. The molecule has 0 saturated carbocycles. The number of hydrogen-bond acceptors (Lipinski definition) is 8. The molecule has 9 nitrogen and oxygen atoms in total. The highest BCUT2D eigenvalue weighted by Crippen LogP contribution is 2.23. The second-order valence-corrected chi connectivity index (χ2v) is 23.9. The molecule has 83 heavy (non-hydrogen) atoms. The number of amides is 1. The first kappa shape index (κ1) is 78.1. The Kier molecular flexibility index (Phi) is 58.5. The molecule has 0 radical (unpaired) electrons. The lowest BCUT2D eigenvalue weighted by atomic mass is 9.99. The minimum atomic E-state index is -1.57. The molecule has 1 fully saturated rings. The lowest BCUT2D eigenvalue weighted by Crippen LogP contribution is -2.60. The van der Waals surface area contributed by atoms with E-state index in [1.165, 1.54) is 180 Å². The Bertz CT molecular complexity index is 1630. The van der Waals surface area contributed by atoms with Gasteiger partial charge in [0.25, 0.3) is 0 Å². The van der Waals surface area contributed by atoms with Crippen LogP contribution in [0.4, 0.5) is 0 Å². The van der Waals surface area contributed by atoms with Crippen LogP contribution in [-0.2, 0) is 14.3 Å². The Balaban J connectivity index is 2.16. The van der Waals surface area contributed by atoms with E-state index in [9.17, 15) is 30.3 Å². The van der Waals surface area contributed by atoms with E-state index in [4.69, 9.17) is 9.47 Å². The number of ether oxygens (including phenoxy) is 2. The third-order valence-corrected chi connectivity index (χ3v) is 16.2. The Morgan fingerprint density at radius 1 is 0.422 bits per heavy atom. The second kappa shape index (κ2) is 62.2. The number of unbranched alkanes of at least 4 members (excludes halogenated alkanes) is 34. The standard InChI is InChI=1S/C74H131NO8/c1-3-5-7-9-11-13-15-17-19-21-23-25-27-29-31-33-34-36-37-39-41-43-45-47-49-51-53-55-57-59-61-63-68(77)67(66-82-74-73(81)72(80)71(79)69(65-76)83-74)75-70(78)64-62-60-58-56-54-52-50-48-46-44-42-40-38-35-32-30-28-26-24-22-20-18-16-14-12-10-8-6-4-2/h6,8,12,14,18,20,24,26,30,32,38,40,44,46,50,52,67-69,71-74,76-77,79-81H,3-5,7,9-11,13,15-17,19,21-23,25,27-29,31,33-37,39,41-43,45,47-49,51,53-66H2,1-2H3,(H,75,78)/b8-6-,14-12-,20-18-,26-24-,32-30-,40-38-,46-44-,52-50-. The van der Waals surface area contributed by atoms with Crippen LogP contribution in [0.3, 0.4) is 0 Å². The third-order valence-electron chi connectivity index (χ3n) is 16.2. The number of aliphatic hydroxyl groups excluding tert-OH is 5. The molecule has 1 heterocycles. The molecule has 0 aromatic heterocycles. The summed E-state index contributed by atoms with van der Waals surface area (Å²) in [4.78, 5) is 13.1. The van der Waals surface area contributed by atoms with Gasteiger partial charge in [0, 0.05) is 6.42 Å². The molecular weight excluding hydrogens is 1030 g/mol. The molecule has 0 spiro atoms. The van der Waals surface area contributed by atoms with Crippen LogP contribution in [0.2, 0.25) is 0 Å². The molecule has 0 aliphatic carbocycles. The van der Waals surface area contributed by atoms with Crippen LogP contribution in [-0.4, -0.2) is 87.5 Å². The van der Waals surface area contributed by atoms with E-state index in [2.05, 4.69) is 116 Å². The maximum atomic E-state index is 13.1. The first-order chi connectivity index (χ1) is 40.8. The minimum absolute atomic E-state index is 0.154. The van der Waals surface area contributed by atoms with Crippen molar-refractivity contribution in [3.05, 3.63) is 97.2 Å². The summed E-state index contributed by atoms with van der Waals surface area (Å²) in [6, 6.07) is -0.742. The number of hydrogen-bond donors (Lipinski definition) is 6. The normalized spacial score (nSPS) is 18.9. The van der Waals surface area contributed by atoms with Gasteiger partial charge in [-0.15, -0.1) is 0 Å². The summed E-state index contributed by atoms with van der Waals surface area (Å²) in [5.74, 6) is -0.168. The molecule has 0 aromatic rings. The van der Waals surface area contributed by atoms with Crippen molar-refractivity contribution >= 4 is 5.91 Å². The van der Waals surface area contributed by atoms with Gasteiger partial charge in [-0.05, 0) is 77.0 Å². The van der Waals surface area contributed by atoms with Crippen molar-refractivity contribution in [3.63, 3.8) is 0 Å². The predicted molar refractivity (Wildman–Crippen MR) is 355 cm³/mol. The third kappa shape index (κ3) is 50.9. The van der Waals surface area contributed by atoms with E-state index in [1.54, 1.807) is 0 Å². The quantitative estimate of drug-likeness (QED) is 0.0261. The summed E-state index contributed by atoms with van der Waals surface area (Å²) >= 11 is 0. The van der Waals surface area contributed by atoms with Gasteiger partial charge in [0.05, 0.1) is 25.4 Å². The number of carbonyl (C=O) groups is 1. The zero-order valence-electron chi connectivity index (χ0n) is 53.7. The van der Waals surface area contributed by atoms with Crippen molar-refractivity contribution in [2.75, 3.05) is 13.2 Å². The van der Waals surface area contributed by atoms with Gasteiger partial charge >= 0.3 is 0 Å². The fraction of sp³-hybridized carbons (Fsp3) is 0.770. The predicted octanol–water partition coefficient (Wildman–Crippen LogP) is 19.1. The van der Waals surface area contributed by atoms with E-state index in [0.717, 1.165) is 103 Å². The van der Waals surface area contributed by atoms with Crippen LogP contribution in [0.1, 0.15) is 309 Å². The molecule has 0 aromatic carbocycles. The molecule has 1 amide bonds. The van der Waals surface area contributed by atoms with E-state index >= 15 is 0 Å². The zero-order chi connectivity index (χ0) is 60.0. The van der Waals surface area contributed by atoms with Crippen LogP contribution >= 0.6 is 0 Å². The summed E-state index contributed by atoms with van der Waals surface area (Å²) in [5.41, 5.74) is 0. The Morgan fingerprint density at radius 2 is 0.747 bits per heavy atom.